The molecule has 0 aliphatic rings. The molecular formula is C12H19FN2S. The second kappa shape index (κ2) is 5.99. The Morgan fingerprint density at radius 2 is 2.19 bits per heavy atom. The van der Waals surface area contributed by atoms with Crippen LogP contribution in [-0.2, 0) is 0 Å². The predicted molar refractivity (Wildman–Crippen MR) is 71.6 cm³/mol. The lowest BCUT2D eigenvalue weighted by atomic mass is 10.1. The number of benzene rings is 1. The van der Waals surface area contributed by atoms with Crippen LogP contribution in [0.25, 0.3) is 0 Å². The van der Waals surface area contributed by atoms with E-state index < -0.39 is 0 Å². The molecular weight excluding hydrogens is 223 g/mol. The van der Waals surface area contributed by atoms with Gasteiger partial charge in [0.2, 0.25) is 0 Å². The first-order valence-electron chi connectivity index (χ1n) is 5.35. The van der Waals surface area contributed by atoms with E-state index in [0.29, 0.717) is 17.3 Å². The molecule has 2 nitrogen and oxygen atoms in total. The molecule has 0 spiro atoms. The van der Waals surface area contributed by atoms with E-state index in [0.717, 1.165) is 17.9 Å². The number of hydrogen-bond donors (Lipinski definition) is 2. The Bertz CT molecular complexity index is 355. The zero-order chi connectivity index (χ0) is 12.1. The molecule has 1 rings (SSSR count). The molecule has 0 amide bonds. The smallest absolute Gasteiger partial charge is 0.128 e. The van der Waals surface area contributed by atoms with E-state index in [1.807, 2.05) is 11.8 Å². The van der Waals surface area contributed by atoms with Crippen molar-refractivity contribution < 1.29 is 4.39 Å². The van der Waals surface area contributed by atoms with Gasteiger partial charge in [-0.1, -0.05) is 0 Å². The van der Waals surface area contributed by atoms with Gasteiger partial charge in [0.1, 0.15) is 5.82 Å². The lowest BCUT2D eigenvalue weighted by Gasteiger charge is -2.17. The molecule has 0 bridgehead atoms. The van der Waals surface area contributed by atoms with Crippen molar-refractivity contribution in [3.8, 4) is 0 Å². The van der Waals surface area contributed by atoms with Crippen LogP contribution in [0.2, 0.25) is 0 Å². The van der Waals surface area contributed by atoms with E-state index >= 15 is 0 Å². The Labute approximate surface area is 101 Å². The Balaban J connectivity index is 2.69. The van der Waals surface area contributed by atoms with Crippen LogP contribution in [0, 0.1) is 12.7 Å². The molecule has 1 atom stereocenters. The van der Waals surface area contributed by atoms with Crippen molar-refractivity contribution in [3.05, 3.63) is 23.5 Å². The summed E-state index contributed by atoms with van der Waals surface area (Å²) in [7, 11) is 0. The van der Waals surface area contributed by atoms with Crippen LogP contribution in [0.15, 0.2) is 12.1 Å². The van der Waals surface area contributed by atoms with Crippen molar-refractivity contribution in [2.24, 2.45) is 0 Å². The molecule has 0 heterocycles. The van der Waals surface area contributed by atoms with Gasteiger partial charge < -0.3 is 11.1 Å². The number of thioether (sulfide) groups is 1. The number of nitrogen functional groups attached to an aromatic ring is 1. The Kier molecular flexibility index (Phi) is 4.93. The Morgan fingerprint density at radius 1 is 1.50 bits per heavy atom. The van der Waals surface area contributed by atoms with Gasteiger partial charge in [-0.25, -0.2) is 4.39 Å². The van der Waals surface area contributed by atoms with Crippen molar-refractivity contribution in [3.63, 3.8) is 0 Å². The first-order chi connectivity index (χ1) is 7.54. The summed E-state index contributed by atoms with van der Waals surface area (Å²) in [4.78, 5) is 0. The summed E-state index contributed by atoms with van der Waals surface area (Å²) >= 11 is 1.82. The predicted octanol–water partition coefficient (Wildman–Crippen LogP) is 3.27. The third-order valence-corrected chi connectivity index (χ3v) is 3.13. The van der Waals surface area contributed by atoms with Gasteiger partial charge in [-0.3, -0.25) is 0 Å². The second-order valence-corrected chi connectivity index (χ2v) is 5.00. The van der Waals surface area contributed by atoms with Crippen LogP contribution in [0.4, 0.5) is 15.8 Å². The minimum Gasteiger partial charge on any atom is -0.397 e. The van der Waals surface area contributed by atoms with E-state index in [-0.39, 0.29) is 5.82 Å². The van der Waals surface area contributed by atoms with E-state index in [1.165, 1.54) is 6.07 Å². The second-order valence-electron chi connectivity index (χ2n) is 4.02. The molecule has 0 aliphatic carbocycles. The summed E-state index contributed by atoms with van der Waals surface area (Å²) in [5, 5.41) is 3.31. The number of rotatable bonds is 5. The highest BCUT2D eigenvalue weighted by Gasteiger charge is 2.07. The third kappa shape index (κ3) is 3.59. The maximum absolute atomic E-state index is 13.2. The number of nitrogens with one attached hydrogen (secondary N) is 1. The number of anilines is 2. The van der Waals surface area contributed by atoms with Gasteiger partial charge in [-0.15, -0.1) is 0 Å². The van der Waals surface area contributed by atoms with Crippen molar-refractivity contribution in [1.82, 2.24) is 0 Å². The van der Waals surface area contributed by atoms with Crippen LogP contribution < -0.4 is 11.1 Å². The average Bonchev–Trinajstić information content (AvgIpc) is 2.23. The number of hydrogen-bond acceptors (Lipinski definition) is 3. The van der Waals surface area contributed by atoms with Crippen molar-refractivity contribution in [2.45, 2.75) is 26.3 Å². The molecule has 90 valence electrons. The molecule has 3 N–H and O–H groups in total. The fraction of sp³-hybridized carbons (Fsp3) is 0.500. The fourth-order valence-corrected chi connectivity index (χ4v) is 2.04. The van der Waals surface area contributed by atoms with Gasteiger partial charge in [0.25, 0.3) is 0 Å². The molecule has 1 aromatic carbocycles. The molecule has 0 saturated heterocycles. The standard InChI is InChI=1S/C12H19FN2S/c1-8-6-12(11(14)7-10(8)13)15-9(2)4-5-16-3/h6-7,9,15H,4-5,14H2,1-3H3. The summed E-state index contributed by atoms with van der Waals surface area (Å²) in [6, 6.07) is 3.48. The maximum Gasteiger partial charge on any atom is 0.128 e. The van der Waals surface area contributed by atoms with Crippen LogP contribution in [0.5, 0.6) is 0 Å². The average molecular weight is 242 g/mol. The SMILES string of the molecule is CSCCC(C)Nc1cc(C)c(F)cc1N. The monoisotopic (exact) mass is 242 g/mol. The minimum absolute atomic E-state index is 0.250. The van der Waals surface area contributed by atoms with E-state index in [1.54, 1.807) is 13.0 Å². The lowest BCUT2D eigenvalue weighted by molar-refractivity contribution is 0.619. The molecule has 0 aliphatic heterocycles. The number of aryl methyl sites for hydroxylation is 1. The summed E-state index contributed by atoms with van der Waals surface area (Å²) in [6.07, 6.45) is 3.15. The Morgan fingerprint density at radius 3 is 2.81 bits per heavy atom. The topological polar surface area (TPSA) is 38.0 Å². The quantitative estimate of drug-likeness (QED) is 0.778. The highest BCUT2D eigenvalue weighted by atomic mass is 32.2. The molecule has 0 fully saturated rings. The first kappa shape index (κ1) is 13.2. The highest BCUT2D eigenvalue weighted by molar-refractivity contribution is 7.98. The van der Waals surface area contributed by atoms with E-state index in [4.69, 9.17) is 5.73 Å². The molecule has 16 heavy (non-hydrogen) atoms. The van der Waals surface area contributed by atoms with E-state index in [9.17, 15) is 4.39 Å². The van der Waals surface area contributed by atoms with Crippen LogP contribution in [0.3, 0.4) is 0 Å². The molecule has 1 unspecified atom stereocenters. The van der Waals surface area contributed by atoms with Gasteiger partial charge in [0.15, 0.2) is 0 Å². The Hall–Kier alpha value is -0.900. The van der Waals surface area contributed by atoms with Crippen LogP contribution >= 0.6 is 11.8 Å². The van der Waals surface area contributed by atoms with Crippen LogP contribution in [-0.4, -0.2) is 18.1 Å². The van der Waals surface area contributed by atoms with Gasteiger partial charge in [-0.2, -0.15) is 11.8 Å². The van der Waals surface area contributed by atoms with Crippen molar-refractivity contribution in [2.75, 3.05) is 23.1 Å². The van der Waals surface area contributed by atoms with Crippen LogP contribution in [0.1, 0.15) is 18.9 Å². The number of nitrogens with two attached hydrogens (primary N) is 1. The molecule has 4 heteroatoms. The van der Waals surface area contributed by atoms with Gasteiger partial charge in [-0.05, 0) is 50.0 Å². The van der Waals surface area contributed by atoms with Gasteiger partial charge in [0.05, 0.1) is 11.4 Å². The highest BCUT2D eigenvalue weighted by Crippen LogP contribution is 2.23. The maximum atomic E-state index is 13.2. The molecule has 0 saturated carbocycles. The molecule has 0 aromatic heterocycles. The summed E-state index contributed by atoms with van der Waals surface area (Å²) in [5.74, 6) is 0.855. The normalized spacial score (nSPS) is 12.5. The molecule has 1 aromatic rings. The molecule has 0 radical (unpaired) electrons. The summed E-state index contributed by atoms with van der Waals surface area (Å²) in [6.45, 7) is 3.85. The summed E-state index contributed by atoms with van der Waals surface area (Å²) in [5.41, 5.74) is 7.68. The van der Waals surface area contributed by atoms with Crippen molar-refractivity contribution in [1.29, 1.82) is 0 Å². The van der Waals surface area contributed by atoms with Crippen molar-refractivity contribution >= 4 is 23.1 Å². The van der Waals surface area contributed by atoms with E-state index in [2.05, 4.69) is 18.5 Å². The summed E-state index contributed by atoms with van der Waals surface area (Å²) < 4.78 is 13.2. The minimum atomic E-state index is -0.250. The first-order valence-corrected chi connectivity index (χ1v) is 6.75. The largest absolute Gasteiger partial charge is 0.397 e. The third-order valence-electron chi connectivity index (χ3n) is 2.49. The number of halogens is 1. The zero-order valence-corrected chi connectivity index (χ0v) is 10.8. The lowest BCUT2D eigenvalue weighted by Crippen LogP contribution is -2.17. The van der Waals surface area contributed by atoms with Gasteiger partial charge in [0, 0.05) is 6.04 Å². The fourth-order valence-electron chi connectivity index (χ4n) is 1.45. The van der Waals surface area contributed by atoms with Gasteiger partial charge >= 0.3 is 0 Å². The zero-order valence-electron chi connectivity index (χ0n) is 10.0.